The number of rotatable bonds is 2. The van der Waals surface area contributed by atoms with Crippen LogP contribution in [0, 0.1) is 0 Å². The van der Waals surface area contributed by atoms with E-state index in [4.69, 9.17) is 10.9 Å². The second-order valence-electron chi connectivity index (χ2n) is 3.44. The molecule has 0 aromatic heterocycles. The summed E-state index contributed by atoms with van der Waals surface area (Å²) in [4.78, 5) is 0. The Labute approximate surface area is 93.8 Å². The first-order valence-electron chi connectivity index (χ1n) is 4.94. The third kappa shape index (κ3) is 2.03. The minimum atomic E-state index is 0.542. The van der Waals surface area contributed by atoms with Gasteiger partial charge in [-0.1, -0.05) is 47.6 Å². The Hall–Kier alpha value is -2.29. The molecule has 0 fully saturated rings. The molecule has 0 spiro atoms. The summed E-state index contributed by atoms with van der Waals surface area (Å²) in [6.07, 6.45) is 0. The SMILES string of the molecule is Nc1ccc(/C(=N/O)c2ccccc2)cc1. The average Bonchev–Trinajstić information content (AvgIpc) is 2.34. The standard InChI is InChI=1S/C13H12N2O/c14-12-8-6-11(7-9-12)13(15-16)10-4-2-1-3-5-10/h1-9,16H,14H2/b15-13+. The molecule has 2 rings (SSSR count). The molecule has 2 aromatic carbocycles. The fourth-order valence-electron chi connectivity index (χ4n) is 1.52. The van der Waals surface area contributed by atoms with E-state index in [0.29, 0.717) is 11.4 Å². The first kappa shape index (κ1) is 10.2. The van der Waals surface area contributed by atoms with Gasteiger partial charge in [0.2, 0.25) is 0 Å². The van der Waals surface area contributed by atoms with Crippen LogP contribution in [0.5, 0.6) is 0 Å². The Bertz CT molecular complexity index is 489. The predicted octanol–water partition coefficient (Wildman–Crippen LogP) is 2.50. The zero-order chi connectivity index (χ0) is 11.4. The molecule has 0 heterocycles. The van der Waals surface area contributed by atoms with Gasteiger partial charge in [0.1, 0.15) is 5.71 Å². The third-order valence-corrected chi connectivity index (χ3v) is 2.33. The van der Waals surface area contributed by atoms with Gasteiger partial charge in [-0.2, -0.15) is 0 Å². The molecule has 3 nitrogen and oxygen atoms in total. The topological polar surface area (TPSA) is 58.6 Å². The summed E-state index contributed by atoms with van der Waals surface area (Å²) < 4.78 is 0. The maximum atomic E-state index is 9.06. The number of oxime groups is 1. The minimum absolute atomic E-state index is 0.542. The van der Waals surface area contributed by atoms with Gasteiger partial charge in [0.05, 0.1) is 0 Å². The molecule has 0 aliphatic heterocycles. The molecule has 0 radical (unpaired) electrons. The van der Waals surface area contributed by atoms with Gasteiger partial charge in [-0.25, -0.2) is 0 Å². The fourth-order valence-corrected chi connectivity index (χ4v) is 1.52. The predicted molar refractivity (Wildman–Crippen MR) is 64.7 cm³/mol. The molecule has 0 aliphatic carbocycles. The van der Waals surface area contributed by atoms with E-state index >= 15 is 0 Å². The molecule has 0 unspecified atom stereocenters. The van der Waals surface area contributed by atoms with Crippen LogP contribution in [0.15, 0.2) is 59.8 Å². The molecule has 2 aromatic rings. The Morgan fingerprint density at radius 1 is 0.875 bits per heavy atom. The highest BCUT2D eigenvalue weighted by molar-refractivity contribution is 6.12. The number of nitrogen functional groups attached to an aromatic ring is 1. The fraction of sp³-hybridized carbons (Fsp3) is 0. The summed E-state index contributed by atoms with van der Waals surface area (Å²) >= 11 is 0. The number of hydrogen-bond donors (Lipinski definition) is 2. The molecule has 3 heteroatoms. The lowest BCUT2D eigenvalue weighted by molar-refractivity contribution is 0.319. The Morgan fingerprint density at radius 2 is 1.44 bits per heavy atom. The van der Waals surface area contributed by atoms with Gasteiger partial charge in [0.25, 0.3) is 0 Å². The lowest BCUT2D eigenvalue weighted by Crippen LogP contribution is -2.03. The van der Waals surface area contributed by atoms with Crippen LogP contribution in [0.4, 0.5) is 5.69 Å². The van der Waals surface area contributed by atoms with Gasteiger partial charge < -0.3 is 10.9 Å². The monoisotopic (exact) mass is 212 g/mol. The van der Waals surface area contributed by atoms with Crippen molar-refractivity contribution in [1.82, 2.24) is 0 Å². The van der Waals surface area contributed by atoms with Crippen molar-refractivity contribution >= 4 is 11.4 Å². The van der Waals surface area contributed by atoms with Gasteiger partial charge in [-0.05, 0) is 12.1 Å². The molecule has 0 amide bonds. The zero-order valence-electron chi connectivity index (χ0n) is 8.67. The zero-order valence-corrected chi connectivity index (χ0v) is 8.67. The van der Waals surface area contributed by atoms with Crippen LogP contribution in [-0.2, 0) is 0 Å². The van der Waals surface area contributed by atoms with Gasteiger partial charge in [0, 0.05) is 16.8 Å². The second-order valence-corrected chi connectivity index (χ2v) is 3.44. The molecule has 80 valence electrons. The largest absolute Gasteiger partial charge is 0.410 e. The Morgan fingerprint density at radius 3 is 2.00 bits per heavy atom. The highest BCUT2D eigenvalue weighted by Gasteiger charge is 2.06. The van der Waals surface area contributed by atoms with Gasteiger partial charge >= 0.3 is 0 Å². The van der Waals surface area contributed by atoms with Crippen molar-refractivity contribution in [2.24, 2.45) is 5.16 Å². The molecule has 16 heavy (non-hydrogen) atoms. The van der Waals surface area contributed by atoms with Crippen molar-refractivity contribution in [3.63, 3.8) is 0 Å². The van der Waals surface area contributed by atoms with Crippen LogP contribution in [-0.4, -0.2) is 10.9 Å². The van der Waals surface area contributed by atoms with E-state index in [9.17, 15) is 0 Å². The smallest absolute Gasteiger partial charge is 0.117 e. The summed E-state index contributed by atoms with van der Waals surface area (Å²) in [5.74, 6) is 0. The van der Waals surface area contributed by atoms with E-state index < -0.39 is 0 Å². The molecule has 0 saturated heterocycles. The van der Waals surface area contributed by atoms with Crippen molar-refractivity contribution in [2.75, 3.05) is 5.73 Å². The summed E-state index contributed by atoms with van der Waals surface area (Å²) in [6.45, 7) is 0. The van der Waals surface area contributed by atoms with E-state index in [0.717, 1.165) is 11.1 Å². The molecule has 3 N–H and O–H groups in total. The van der Waals surface area contributed by atoms with Gasteiger partial charge in [0.15, 0.2) is 0 Å². The third-order valence-electron chi connectivity index (χ3n) is 2.33. The maximum Gasteiger partial charge on any atom is 0.117 e. The summed E-state index contributed by atoms with van der Waals surface area (Å²) in [5.41, 5.74) is 8.54. The van der Waals surface area contributed by atoms with Crippen molar-refractivity contribution in [1.29, 1.82) is 0 Å². The van der Waals surface area contributed by atoms with Crippen LogP contribution in [0.3, 0.4) is 0 Å². The number of nitrogens with two attached hydrogens (primary N) is 1. The van der Waals surface area contributed by atoms with Crippen molar-refractivity contribution < 1.29 is 5.21 Å². The van der Waals surface area contributed by atoms with Crippen LogP contribution in [0.1, 0.15) is 11.1 Å². The Kier molecular flexibility index (Phi) is 2.87. The number of nitrogens with zero attached hydrogens (tertiary/aromatic N) is 1. The summed E-state index contributed by atoms with van der Waals surface area (Å²) in [7, 11) is 0. The van der Waals surface area contributed by atoms with Gasteiger partial charge in [-0.15, -0.1) is 0 Å². The number of anilines is 1. The normalized spacial score (nSPS) is 11.4. The quantitative estimate of drug-likeness (QED) is 0.348. The highest BCUT2D eigenvalue weighted by Crippen LogP contribution is 2.12. The highest BCUT2D eigenvalue weighted by atomic mass is 16.4. The van der Waals surface area contributed by atoms with Crippen molar-refractivity contribution in [3.05, 3.63) is 65.7 Å². The van der Waals surface area contributed by atoms with Crippen molar-refractivity contribution in [3.8, 4) is 0 Å². The lowest BCUT2D eigenvalue weighted by atomic mass is 10.0. The van der Waals surface area contributed by atoms with E-state index in [2.05, 4.69) is 5.16 Å². The minimum Gasteiger partial charge on any atom is -0.410 e. The molecule has 0 saturated carbocycles. The molecule has 0 aliphatic rings. The van der Waals surface area contributed by atoms with E-state index in [-0.39, 0.29) is 0 Å². The first-order chi connectivity index (χ1) is 7.81. The summed E-state index contributed by atoms with van der Waals surface area (Å²) in [5, 5.41) is 12.4. The number of benzene rings is 2. The molecular weight excluding hydrogens is 200 g/mol. The Balaban J connectivity index is 2.42. The van der Waals surface area contributed by atoms with E-state index in [1.54, 1.807) is 12.1 Å². The lowest BCUT2D eigenvalue weighted by Gasteiger charge is -2.04. The van der Waals surface area contributed by atoms with Crippen LogP contribution in [0.2, 0.25) is 0 Å². The molecular formula is C13H12N2O. The van der Waals surface area contributed by atoms with E-state index in [1.165, 1.54) is 0 Å². The molecule has 0 bridgehead atoms. The van der Waals surface area contributed by atoms with Crippen LogP contribution in [0.25, 0.3) is 0 Å². The van der Waals surface area contributed by atoms with Gasteiger partial charge in [-0.3, -0.25) is 0 Å². The van der Waals surface area contributed by atoms with Crippen molar-refractivity contribution in [2.45, 2.75) is 0 Å². The van der Waals surface area contributed by atoms with E-state index in [1.807, 2.05) is 42.5 Å². The first-order valence-corrected chi connectivity index (χ1v) is 4.94. The average molecular weight is 212 g/mol. The maximum absolute atomic E-state index is 9.06. The van der Waals surface area contributed by atoms with Crippen LogP contribution >= 0.6 is 0 Å². The number of hydrogen-bond acceptors (Lipinski definition) is 3. The second kappa shape index (κ2) is 4.49. The van der Waals surface area contributed by atoms with Crippen LogP contribution < -0.4 is 5.73 Å². The molecule has 0 atom stereocenters. The summed E-state index contributed by atoms with van der Waals surface area (Å²) in [6, 6.07) is 16.7.